The van der Waals surface area contributed by atoms with Gasteiger partial charge in [0.1, 0.15) is 0 Å². The largest absolute Gasteiger partial charge is 0.393 e. The van der Waals surface area contributed by atoms with E-state index >= 15 is 0 Å². The lowest BCUT2D eigenvalue weighted by atomic mass is 9.77. The molecule has 0 aromatic heterocycles. The molecule has 0 saturated heterocycles. The van der Waals surface area contributed by atoms with E-state index < -0.39 is 12.0 Å². The second kappa shape index (κ2) is 11.2. The molecule has 0 spiro atoms. The van der Waals surface area contributed by atoms with Crippen molar-refractivity contribution < 1.29 is 19.5 Å². The SMILES string of the molecule is O=C(NOCc1ccccc1)[C@@H]1c2ccccc2C(=O)N([C@H]2CC[C@H](O)CC2)[C@H]1c1ccc(Cl)cc1Cl. The fourth-order valence-corrected chi connectivity index (χ4v) is 5.99. The van der Waals surface area contributed by atoms with Gasteiger partial charge in [0.2, 0.25) is 0 Å². The van der Waals surface area contributed by atoms with Crippen LogP contribution >= 0.6 is 23.2 Å². The molecule has 192 valence electrons. The topological polar surface area (TPSA) is 78.9 Å². The molecule has 0 bridgehead atoms. The Morgan fingerprint density at radius 3 is 2.38 bits per heavy atom. The lowest BCUT2D eigenvalue weighted by molar-refractivity contribution is -0.138. The van der Waals surface area contributed by atoms with Gasteiger partial charge in [-0.05, 0) is 60.6 Å². The van der Waals surface area contributed by atoms with E-state index in [0.29, 0.717) is 52.4 Å². The Morgan fingerprint density at radius 1 is 0.946 bits per heavy atom. The van der Waals surface area contributed by atoms with E-state index in [1.807, 2.05) is 42.5 Å². The number of carbonyl (C=O) groups excluding carboxylic acids is 2. The zero-order valence-electron chi connectivity index (χ0n) is 20.1. The van der Waals surface area contributed by atoms with Gasteiger partial charge in [-0.25, -0.2) is 5.48 Å². The third-order valence-corrected chi connectivity index (χ3v) is 7.82. The monoisotopic (exact) mass is 538 g/mol. The third kappa shape index (κ3) is 5.39. The maximum Gasteiger partial charge on any atom is 0.254 e. The average molecular weight is 539 g/mol. The summed E-state index contributed by atoms with van der Waals surface area (Å²) in [4.78, 5) is 35.2. The standard InChI is InChI=1S/C29H28Cl2N2O4/c30-19-10-15-24(25(31)16-19)27-26(28(35)32-37-17-18-6-2-1-3-7-18)22-8-4-5-9-23(22)29(36)33(27)20-11-13-21(34)14-12-20/h1-10,15-16,20-21,26-27,34H,11-14,17H2,(H,32,35)/t20-,21-,26-,27+/m1/s1. The Labute approximate surface area is 226 Å². The first-order valence-corrected chi connectivity index (χ1v) is 13.2. The summed E-state index contributed by atoms with van der Waals surface area (Å²) >= 11 is 12.9. The molecule has 2 N–H and O–H groups in total. The Bertz CT molecular complexity index is 1280. The fraction of sp³-hybridized carbons (Fsp3) is 0.310. The summed E-state index contributed by atoms with van der Waals surface area (Å²) in [5.41, 5.74) is 5.30. The van der Waals surface area contributed by atoms with Gasteiger partial charge < -0.3 is 10.0 Å². The number of nitrogens with zero attached hydrogens (tertiary/aromatic N) is 1. The van der Waals surface area contributed by atoms with Gasteiger partial charge in [-0.2, -0.15) is 0 Å². The summed E-state index contributed by atoms with van der Waals surface area (Å²) in [6, 6.07) is 21.1. The zero-order valence-corrected chi connectivity index (χ0v) is 21.7. The summed E-state index contributed by atoms with van der Waals surface area (Å²) in [7, 11) is 0. The van der Waals surface area contributed by atoms with Crippen molar-refractivity contribution in [2.24, 2.45) is 0 Å². The van der Waals surface area contributed by atoms with Gasteiger partial charge >= 0.3 is 0 Å². The van der Waals surface area contributed by atoms with Crippen molar-refractivity contribution in [2.45, 2.75) is 56.4 Å². The Morgan fingerprint density at radius 2 is 1.65 bits per heavy atom. The number of hydrogen-bond acceptors (Lipinski definition) is 4. The molecule has 1 fully saturated rings. The van der Waals surface area contributed by atoms with E-state index in [-0.39, 0.29) is 30.6 Å². The van der Waals surface area contributed by atoms with E-state index in [9.17, 15) is 14.7 Å². The number of nitrogens with one attached hydrogen (secondary N) is 1. The Kier molecular flexibility index (Phi) is 7.81. The highest BCUT2D eigenvalue weighted by atomic mass is 35.5. The molecule has 2 aliphatic rings. The molecule has 1 aliphatic heterocycles. The molecule has 3 aromatic carbocycles. The Balaban J connectivity index is 1.55. The first-order valence-electron chi connectivity index (χ1n) is 12.4. The number of amides is 2. The van der Waals surface area contributed by atoms with Crippen molar-refractivity contribution in [3.05, 3.63) is 105 Å². The predicted octanol–water partition coefficient (Wildman–Crippen LogP) is 5.83. The second-order valence-electron chi connectivity index (χ2n) is 9.59. The normalized spacial score (nSPS) is 23.4. The highest BCUT2D eigenvalue weighted by Gasteiger charge is 2.47. The molecule has 3 aromatic rings. The minimum absolute atomic E-state index is 0.151. The molecule has 1 saturated carbocycles. The number of aliphatic hydroxyl groups is 1. The summed E-state index contributed by atoms with van der Waals surface area (Å²) < 4.78 is 0. The molecule has 5 rings (SSSR count). The molecule has 1 aliphatic carbocycles. The number of hydroxylamine groups is 1. The number of hydrogen-bond donors (Lipinski definition) is 2. The zero-order chi connectivity index (χ0) is 25.9. The summed E-state index contributed by atoms with van der Waals surface area (Å²) in [5, 5.41) is 11.0. The van der Waals surface area contributed by atoms with Crippen LogP contribution in [0.2, 0.25) is 10.0 Å². The highest BCUT2D eigenvalue weighted by Crippen LogP contribution is 2.47. The van der Waals surface area contributed by atoms with Crippen LogP contribution in [-0.4, -0.2) is 34.0 Å². The van der Waals surface area contributed by atoms with Gasteiger partial charge in [0, 0.05) is 21.7 Å². The first-order chi connectivity index (χ1) is 17.9. The molecule has 2 atom stereocenters. The molecule has 8 heteroatoms. The number of fused-ring (bicyclic) bond motifs is 1. The molecule has 6 nitrogen and oxygen atoms in total. The van der Waals surface area contributed by atoms with E-state index in [1.54, 1.807) is 35.2 Å². The molecule has 2 amide bonds. The fourth-order valence-electron chi connectivity index (χ4n) is 5.47. The van der Waals surface area contributed by atoms with Gasteiger partial charge in [0.15, 0.2) is 0 Å². The van der Waals surface area contributed by atoms with Crippen molar-refractivity contribution in [1.82, 2.24) is 10.4 Å². The number of carbonyl (C=O) groups is 2. The van der Waals surface area contributed by atoms with Gasteiger partial charge in [0.25, 0.3) is 11.8 Å². The van der Waals surface area contributed by atoms with Crippen LogP contribution in [0.4, 0.5) is 0 Å². The van der Waals surface area contributed by atoms with Gasteiger partial charge in [-0.15, -0.1) is 0 Å². The van der Waals surface area contributed by atoms with Crippen LogP contribution in [0.3, 0.4) is 0 Å². The molecule has 37 heavy (non-hydrogen) atoms. The molecule has 1 heterocycles. The van der Waals surface area contributed by atoms with Crippen molar-refractivity contribution in [3.63, 3.8) is 0 Å². The first kappa shape index (κ1) is 25.7. The predicted molar refractivity (Wildman–Crippen MR) is 142 cm³/mol. The van der Waals surface area contributed by atoms with Crippen LogP contribution in [0.25, 0.3) is 0 Å². The lowest BCUT2D eigenvalue weighted by Gasteiger charge is -2.47. The van der Waals surface area contributed by atoms with Crippen molar-refractivity contribution >= 4 is 35.0 Å². The van der Waals surface area contributed by atoms with Crippen LogP contribution in [-0.2, 0) is 16.2 Å². The number of halogens is 2. The van der Waals surface area contributed by atoms with E-state index in [2.05, 4.69) is 5.48 Å². The highest BCUT2D eigenvalue weighted by molar-refractivity contribution is 6.35. The van der Waals surface area contributed by atoms with Crippen LogP contribution < -0.4 is 5.48 Å². The summed E-state index contributed by atoms with van der Waals surface area (Å²) in [6.45, 7) is 0.205. The minimum Gasteiger partial charge on any atom is -0.393 e. The minimum atomic E-state index is -0.768. The summed E-state index contributed by atoms with van der Waals surface area (Å²) in [6.07, 6.45) is 2.07. The molecule has 0 radical (unpaired) electrons. The lowest BCUT2D eigenvalue weighted by Crippen LogP contribution is -2.52. The van der Waals surface area contributed by atoms with E-state index in [4.69, 9.17) is 28.0 Å². The molecular formula is C29H28Cl2N2O4. The van der Waals surface area contributed by atoms with Crippen molar-refractivity contribution in [2.75, 3.05) is 0 Å². The maximum absolute atomic E-state index is 14.0. The maximum atomic E-state index is 14.0. The van der Waals surface area contributed by atoms with Crippen LogP contribution in [0.15, 0.2) is 72.8 Å². The third-order valence-electron chi connectivity index (χ3n) is 7.25. The number of benzene rings is 3. The second-order valence-corrected chi connectivity index (χ2v) is 10.4. The molecule has 0 unspecified atom stereocenters. The van der Waals surface area contributed by atoms with Crippen LogP contribution in [0.1, 0.15) is 64.7 Å². The number of rotatable bonds is 6. The average Bonchev–Trinajstić information content (AvgIpc) is 2.90. The van der Waals surface area contributed by atoms with E-state index in [1.165, 1.54) is 0 Å². The quantitative estimate of drug-likeness (QED) is 0.387. The summed E-state index contributed by atoms with van der Waals surface area (Å²) in [5.74, 6) is -1.29. The van der Waals surface area contributed by atoms with Gasteiger partial charge in [0.05, 0.1) is 24.7 Å². The Hall–Kier alpha value is -2.90. The van der Waals surface area contributed by atoms with Crippen LogP contribution in [0.5, 0.6) is 0 Å². The van der Waals surface area contributed by atoms with Crippen molar-refractivity contribution in [3.8, 4) is 0 Å². The van der Waals surface area contributed by atoms with E-state index in [0.717, 1.165) is 5.56 Å². The van der Waals surface area contributed by atoms with Gasteiger partial charge in [-0.1, -0.05) is 77.8 Å². The number of aliphatic hydroxyl groups excluding tert-OH is 1. The molecular weight excluding hydrogens is 511 g/mol. The van der Waals surface area contributed by atoms with Gasteiger partial charge in [-0.3, -0.25) is 14.4 Å². The van der Waals surface area contributed by atoms with Crippen molar-refractivity contribution in [1.29, 1.82) is 0 Å². The smallest absolute Gasteiger partial charge is 0.254 e. The van der Waals surface area contributed by atoms with Crippen LogP contribution in [0, 0.1) is 0 Å².